The first kappa shape index (κ1) is 36.1. The number of hydrogen-bond acceptors (Lipinski definition) is 2. The lowest BCUT2D eigenvalue weighted by Crippen LogP contribution is -2.09. The van der Waals surface area contributed by atoms with Crippen LogP contribution in [0.5, 0.6) is 0 Å². The molecule has 0 aliphatic heterocycles. The number of nitrogens with zero attached hydrogens (tertiary/aromatic N) is 3. The van der Waals surface area contributed by atoms with Crippen LogP contribution in [0.1, 0.15) is 0 Å². The molecule has 0 atom stereocenters. The van der Waals surface area contributed by atoms with Crippen LogP contribution >= 0.6 is 0 Å². The maximum absolute atomic E-state index is 6.27. The van der Waals surface area contributed by atoms with Gasteiger partial charge < -0.3 is 18.5 Å². The zero-order valence-electron chi connectivity index (χ0n) is 34.8. The minimum absolute atomic E-state index is 0.890. The zero-order chi connectivity index (χ0) is 42.1. The lowest BCUT2D eigenvalue weighted by molar-refractivity contribution is 0.669. The summed E-state index contributed by atoms with van der Waals surface area (Å²) in [6.07, 6.45) is 0. The first-order valence-corrected chi connectivity index (χ1v) is 21.8. The number of rotatable bonds is 7. The smallest absolute Gasteiger partial charge is 0.135 e. The average Bonchev–Trinajstić information content (AvgIpc) is 4.02. The van der Waals surface area contributed by atoms with Crippen molar-refractivity contribution in [3.05, 3.63) is 237 Å². The van der Waals surface area contributed by atoms with E-state index in [0.29, 0.717) is 0 Å². The van der Waals surface area contributed by atoms with Crippen molar-refractivity contribution >= 4 is 82.6 Å². The third kappa shape index (κ3) is 5.77. The molecule has 0 fully saturated rings. The Morgan fingerprint density at radius 3 is 1.33 bits per heavy atom. The second kappa shape index (κ2) is 14.5. The van der Waals surface area contributed by atoms with E-state index in [1.54, 1.807) is 0 Å². The number of para-hydroxylation sites is 5. The van der Waals surface area contributed by atoms with Crippen molar-refractivity contribution in [1.82, 2.24) is 9.13 Å². The molecule has 64 heavy (non-hydrogen) atoms. The molecule has 3 aromatic heterocycles. The quantitative estimate of drug-likeness (QED) is 0.160. The Hall–Kier alpha value is -8.60. The predicted molar refractivity (Wildman–Crippen MR) is 268 cm³/mol. The molecule has 10 aromatic carbocycles. The van der Waals surface area contributed by atoms with Gasteiger partial charge in [0.1, 0.15) is 11.2 Å². The molecule has 0 aliphatic rings. The van der Waals surface area contributed by atoms with Crippen molar-refractivity contribution < 1.29 is 4.42 Å². The number of fused-ring (bicyclic) bond motifs is 9. The van der Waals surface area contributed by atoms with Gasteiger partial charge in [0.15, 0.2) is 0 Å². The molecule has 13 aromatic rings. The molecule has 0 N–H and O–H groups in total. The summed E-state index contributed by atoms with van der Waals surface area (Å²) in [6, 6.07) is 85.2. The highest BCUT2D eigenvalue weighted by Crippen LogP contribution is 2.42. The highest BCUT2D eigenvalue weighted by molar-refractivity contribution is 6.14. The van der Waals surface area contributed by atoms with Crippen LogP contribution in [0.15, 0.2) is 241 Å². The Kier molecular flexibility index (Phi) is 8.18. The van der Waals surface area contributed by atoms with Crippen molar-refractivity contribution in [2.75, 3.05) is 4.90 Å². The van der Waals surface area contributed by atoms with Gasteiger partial charge in [0, 0.05) is 60.8 Å². The molecule has 300 valence electrons. The standard InChI is InChI=1S/C60H39N3O/c1-4-14-44(15-5-1)61(45-16-6-2-7-17-45)47-29-24-40(25-30-47)41-26-32-57-52(36-41)53-38-43(28-34-58(53)63(57)48-31-35-60-54(39-48)50-21-11-13-23-59(50)64-60)42-27-33-56-51(37-42)49-20-10-12-22-55(49)62(56)46-18-8-3-9-19-46/h1-39H. The second-order valence-corrected chi connectivity index (χ2v) is 16.6. The van der Waals surface area contributed by atoms with E-state index in [9.17, 15) is 0 Å². The van der Waals surface area contributed by atoms with Crippen LogP contribution in [0.3, 0.4) is 0 Å². The summed E-state index contributed by atoms with van der Waals surface area (Å²) in [7, 11) is 0. The highest BCUT2D eigenvalue weighted by Gasteiger charge is 2.19. The summed E-state index contributed by atoms with van der Waals surface area (Å²) in [5, 5.41) is 7.12. The molecule has 0 bridgehead atoms. The number of furan rings is 1. The molecule has 4 heteroatoms. The maximum Gasteiger partial charge on any atom is 0.135 e. The molecule has 3 heterocycles. The number of anilines is 3. The van der Waals surface area contributed by atoms with Gasteiger partial charge in [-0.1, -0.05) is 121 Å². The van der Waals surface area contributed by atoms with E-state index in [0.717, 1.165) is 67.0 Å². The lowest BCUT2D eigenvalue weighted by atomic mass is 9.99. The molecular weight excluding hydrogens is 779 g/mol. The summed E-state index contributed by atoms with van der Waals surface area (Å²) in [5.74, 6) is 0. The van der Waals surface area contributed by atoms with E-state index < -0.39 is 0 Å². The van der Waals surface area contributed by atoms with Crippen molar-refractivity contribution in [2.24, 2.45) is 0 Å². The van der Waals surface area contributed by atoms with Crippen molar-refractivity contribution in [1.29, 1.82) is 0 Å². The molecule has 0 radical (unpaired) electrons. The Morgan fingerprint density at radius 2 is 0.703 bits per heavy atom. The van der Waals surface area contributed by atoms with Crippen LogP contribution in [0, 0.1) is 0 Å². The number of aromatic nitrogens is 2. The lowest BCUT2D eigenvalue weighted by Gasteiger charge is -2.25. The van der Waals surface area contributed by atoms with Gasteiger partial charge in [-0.05, 0) is 138 Å². The van der Waals surface area contributed by atoms with E-state index in [1.165, 1.54) is 49.3 Å². The molecule has 0 saturated carbocycles. The van der Waals surface area contributed by atoms with Crippen LogP contribution in [-0.4, -0.2) is 9.13 Å². The van der Waals surface area contributed by atoms with E-state index in [1.807, 2.05) is 12.1 Å². The Balaban J connectivity index is 0.979. The van der Waals surface area contributed by atoms with Crippen molar-refractivity contribution in [2.45, 2.75) is 0 Å². The predicted octanol–water partition coefficient (Wildman–Crippen LogP) is 16.6. The number of benzene rings is 10. The van der Waals surface area contributed by atoms with Crippen molar-refractivity contribution in [3.63, 3.8) is 0 Å². The maximum atomic E-state index is 6.27. The third-order valence-electron chi connectivity index (χ3n) is 12.9. The van der Waals surface area contributed by atoms with Gasteiger partial charge >= 0.3 is 0 Å². The summed E-state index contributed by atoms with van der Waals surface area (Å²) >= 11 is 0. The first-order valence-electron chi connectivity index (χ1n) is 21.8. The largest absolute Gasteiger partial charge is 0.456 e. The monoisotopic (exact) mass is 817 g/mol. The topological polar surface area (TPSA) is 26.2 Å². The zero-order valence-corrected chi connectivity index (χ0v) is 34.8. The van der Waals surface area contributed by atoms with Crippen LogP contribution in [-0.2, 0) is 0 Å². The van der Waals surface area contributed by atoms with Gasteiger partial charge in [-0.15, -0.1) is 0 Å². The van der Waals surface area contributed by atoms with Gasteiger partial charge in [0.05, 0.1) is 22.1 Å². The van der Waals surface area contributed by atoms with E-state index >= 15 is 0 Å². The average molecular weight is 818 g/mol. The van der Waals surface area contributed by atoms with Gasteiger partial charge in [0.2, 0.25) is 0 Å². The molecular formula is C60H39N3O. The fraction of sp³-hybridized carbons (Fsp3) is 0. The molecule has 0 spiro atoms. The molecule has 4 nitrogen and oxygen atoms in total. The molecule has 0 saturated heterocycles. The van der Waals surface area contributed by atoms with Crippen LogP contribution < -0.4 is 4.90 Å². The third-order valence-corrected chi connectivity index (χ3v) is 12.9. The Bertz CT molecular complexity index is 3840. The van der Waals surface area contributed by atoms with Crippen LogP contribution in [0.4, 0.5) is 17.1 Å². The highest BCUT2D eigenvalue weighted by atomic mass is 16.3. The summed E-state index contributed by atoms with van der Waals surface area (Å²) in [4.78, 5) is 2.30. The minimum Gasteiger partial charge on any atom is -0.456 e. The van der Waals surface area contributed by atoms with Gasteiger partial charge in [0.25, 0.3) is 0 Å². The summed E-state index contributed by atoms with van der Waals surface area (Å²) < 4.78 is 11.1. The van der Waals surface area contributed by atoms with Gasteiger partial charge in [-0.25, -0.2) is 0 Å². The van der Waals surface area contributed by atoms with Crippen LogP contribution in [0.25, 0.3) is 99.2 Å². The van der Waals surface area contributed by atoms with Crippen LogP contribution in [0.2, 0.25) is 0 Å². The molecule has 0 aliphatic carbocycles. The van der Waals surface area contributed by atoms with Gasteiger partial charge in [-0.3, -0.25) is 0 Å². The van der Waals surface area contributed by atoms with E-state index in [-0.39, 0.29) is 0 Å². The molecule has 0 amide bonds. The Morgan fingerprint density at radius 1 is 0.266 bits per heavy atom. The molecule has 13 rings (SSSR count). The van der Waals surface area contributed by atoms with Gasteiger partial charge in [-0.2, -0.15) is 0 Å². The van der Waals surface area contributed by atoms with Crippen molar-refractivity contribution in [3.8, 4) is 33.6 Å². The first-order chi connectivity index (χ1) is 31.7. The van der Waals surface area contributed by atoms with E-state index in [4.69, 9.17) is 4.42 Å². The SMILES string of the molecule is c1ccc(N(c2ccccc2)c2ccc(-c3ccc4c(c3)c3cc(-c5ccc6c(c5)c5ccccc5n6-c5ccccc5)ccc3n4-c3ccc4oc5ccccc5c4c3)cc2)cc1. The summed E-state index contributed by atoms with van der Waals surface area (Å²) in [5.41, 5.74) is 16.8. The molecule has 0 unspecified atom stereocenters. The second-order valence-electron chi connectivity index (χ2n) is 16.6. The summed E-state index contributed by atoms with van der Waals surface area (Å²) in [6.45, 7) is 0. The minimum atomic E-state index is 0.890. The van der Waals surface area contributed by atoms with E-state index in [2.05, 4.69) is 238 Å². The Labute approximate surface area is 369 Å². The fourth-order valence-corrected chi connectivity index (χ4v) is 9.93. The fourth-order valence-electron chi connectivity index (χ4n) is 9.93. The normalized spacial score (nSPS) is 11.8. The number of hydrogen-bond donors (Lipinski definition) is 0.